The van der Waals surface area contributed by atoms with Crippen LogP contribution in [0.3, 0.4) is 0 Å². The van der Waals surface area contributed by atoms with Crippen molar-refractivity contribution in [2.24, 2.45) is 5.92 Å². The Bertz CT molecular complexity index is 206. The molecule has 2 nitrogen and oxygen atoms in total. The van der Waals surface area contributed by atoms with Crippen LogP contribution in [0, 0.1) is 5.92 Å². The van der Waals surface area contributed by atoms with Crippen molar-refractivity contribution in [2.45, 2.75) is 38.6 Å². The lowest BCUT2D eigenvalue weighted by Gasteiger charge is -2.28. The Morgan fingerprint density at radius 1 is 1.25 bits per heavy atom. The fraction of sp³-hybridized carbons (Fsp3) is 1.00. The van der Waals surface area contributed by atoms with Gasteiger partial charge in [-0.3, -0.25) is 4.90 Å². The molecule has 2 heterocycles. The average Bonchev–Trinajstić information content (AvgIpc) is 2.65. The van der Waals surface area contributed by atoms with E-state index in [0.717, 1.165) is 17.3 Å². The Morgan fingerprint density at radius 2 is 2.06 bits per heavy atom. The van der Waals surface area contributed by atoms with E-state index in [0.29, 0.717) is 0 Å². The first kappa shape index (κ1) is 12.8. The predicted octanol–water partition coefficient (Wildman–Crippen LogP) is 2.58. The number of hydrogen-bond donors (Lipinski definition) is 0. The van der Waals surface area contributed by atoms with E-state index in [1.807, 2.05) is 0 Å². The maximum atomic E-state index is 3.64. The van der Waals surface area contributed by atoms with Crippen molar-refractivity contribution in [3.8, 4) is 0 Å². The Labute approximate surface area is 108 Å². The van der Waals surface area contributed by atoms with Crippen molar-refractivity contribution in [3.05, 3.63) is 0 Å². The maximum Gasteiger partial charge on any atom is 0.0223 e. The molecule has 0 radical (unpaired) electrons. The molecule has 0 spiro atoms. The normalized spacial score (nSPS) is 30.0. The van der Waals surface area contributed by atoms with Gasteiger partial charge in [-0.2, -0.15) is 0 Å². The smallest absolute Gasteiger partial charge is 0.0223 e. The maximum absolute atomic E-state index is 3.64. The molecular weight excluding hydrogens is 264 g/mol. The molecule has 2 fully saturated rings. The second-order valence-electron chi connectivity index (χ2n) is 5.37. The molecule has 2 unspecified atom stereocenters. The van der Waals surface area contributed by atoms with Gasteiger partial charge in [0.25, 0.3) is 0 Å². The fourth-order valence-corrected chi connectivity index (χ4v) is 3.76. The van der Waals surface area contributed by atoms with Crippen LogP contribution in [0.5, 0.6) is 0 Å². The van der Waals surface area contributed by atoms with E-state index < -0.39 is 0 Å². The summed E-state index contributed by atoms with van der Waals surface area (Å²) in [6, 6.07) is 0.871. The summed E-state index contributed by atoms with van der Waals surface area (Å²) < 4.78 is 0. The summed E-state index contributed by atoms with van der Waals surface area (Å²) in [6.45, 7) is 8.94. The number of rotatable bonds is 4. The highest BCUT2D eigenvalue weighted by atomic mass is 79.9. The molecule has 2 aliphatic heterocycles. The first-order valence-corrected chi connectivity index (χ1v) is 7.98. The van der Waals surface area contributed by atoms with Gasteiger partial charge in [-0.15, -0.1) is 0 Å². The van der Waals surface area contributed by atoms with Crippen molar-refractivity contribution in [2.75, 3.05) is 38.1 Å². The molecule has 3 heteroatoms. The largest absolute Gasteiger partial charge is 0.301 e. The molecular formula is C13H25BrN2. The minimum Gasteiger partial charge on any atom is -0.301 e. The van der Waals surface area contributed by atoms with Gasteiger partial charge in [0.15, 0.2) is 0 Å². The van der Waals surface area contributed by atoms with Crippen LogP contribution in [0.25, 0.3) is 0 Å². The molecule has 2 rings (SSSR count). The lowest BCUT2D eigenvalue weighted by Crippen LogP contribution is -2.38. The molecule has 0 aromatic heterocycles. The minimum absolute atomic E-state index is 0.841. The summed E-state index contributed by atoms with van der Waals surface area (Å²) in [4.78, 5) is 5.43. The highest BCUT2D eigenvalue weighted by Crippen LogP contribution is 2.22. The zero-order valence-electron chi connectivity index (χ0n) is 10.5. The molecule has 0 bridgehead atoms. The second kappa shape index (κ2) is 6.36. The summed E-state index contributed by atoms with van der Waals surface area (Å²) >= 11 is 3.64. The first-order valence-electron chi connectivity index (χ1n) is 6.85. The van der Waals surface area contributed by atoms with E-state index >= 15 is 0 Å². The van der Waals surface area contributed by atoms with E-state index in [-0.39, 0.29) is 0 Å². The van der Waals surface area contributed by atoms with Crippen LogP contribution in [-0.2, 0) is 0 Å². The summed E-state index contributed by atoms with van der Waals surface area (Å²) in [5.41, 5.74) is 0. The summed E-state index contributed by atoms with van der Waals surface area (Å²) in [7, 11) is 0. The summed E-state index contributed by atoms with van der Waals surface area (Å²) in [5.74, 6) is 0.841. The lowest BCUT2D eigenvalue weighted by atomic mass is 10.1. The van der Waals surface area contributed by atoms with Gasteiger partial charge in [-0.1, -0.05) is 29.3 Å². The highest BCUT2D eigenvalue weighted by Gasteiger charge is 2.28. The van der Waals surface area contributed by atoms with Crippen LogP contribution in [-0.4, -0.2) is 53.9 Å². The van der Waals surface area contributed by atoms with E-state index in [1.165, 1.54) is 58.4 Å². The number of hydrogen-bond acceptors (Lipinski definition) is 2. The first-order chi connectivity index (χ1) is 7.83. The Hall–Kier alpha value is 0.400. The molecule has 2 saturated heterocycles. The SMILES string of the molecule is CCC(CBr)CN1CCCN2CCCC2C1. The third-order valence-electron chi connectivity index (χ3n) is 4.20. The van der Waals surface area contributed by atoms with E-state index in [4.69, 9.17) is 0 Å². The Balaban J connectivity index is 1.85. The zero-order valence-corrected chi connectivity index (χ0v) is 12.1. The van der Waals surface area contributed by atoms with Gasteiger partial charge < -0.3 is 4.90 Å². The third-order valence-corrected chi connectivity index (χ3v) is 5.12. The summed E-state index contributed by atoms with van der Waals surface area (Å²) in [6.07, 6.45) is 5.53. The van der Waals surface area contributed by atoms with Crippen molar-refractivity contribution < 1.29 is 0 Å². The van der Waals surface area contributed by atoms with Gasteiger partial charge in [0.2, 0.25) is 0 Å². The van der Waals surface area contributed by atoms with Crippen LogP contribution < -0.4 is 0 Å². The van der Waals surface area contributed by atoms with E-state index in [1.54, 1.807) is 0 Å². The van der Waals surface area contributed by atoms with Gasteiger partial charge in [-0.25, -0.2) is 0 Å². The molecule has 0 amide bonds. The molecule has 2 aliphatic rings. The van der Waals surface area contributed by atoms with Crippen LogP contribution in [0.1, 0.15) is 32.6 Å². The molecule has 2 atom stereocenters. The standard InChI is InChI=1S/C13H25BrN2/c1-2-12(9-14)10-15-6-4-8-16-7-3-5-13(16)11-15/h12-13H,2-11H2,1H3. The number of halogens is 1. The molecule has 0 saturated carbocycles. The summed E-state index contributed by atoms with van der Waals surface area (Å²) in [5, 5.41) is 1.16. The van der Waals surface area contributed by atoms with Crippen LogP contribution in [0.2, 0.25) is 0 Å². The monoisotopic (exact) mass is 288 g/mol. The average molecular weight is 289 g/mol. The van der Waals surface area contributed by atoms with E-state index in [9.17, 15) is 0 Å². The van der Waals surface area contributed by atoms with Crippen LogP contribution >= 0.6 is 15.9 Å². The topological polar surface area (TPSA) is 6.48 Å². The van der Waals surface area contributed by atoms with Crippen molar-refractivity contribution in [1.82, 2.24) is 9.80 Å². The third kappa shape index (κ3) is 3.21. The number of nitrogens with zero attached hydrogens (tertiary/aromatic N) is 2. The fourth-order valence-electron chi connectivity index (χ4n) is 3.10. The predicted molar refractivity (Wildman–Crippen MR) is 73.2 cm³/mol. The lowest BCUT2D eigenvalue weighted by molar-refractivity contribution is 0.202. The van der Waals surface area contributed by atoms with Crippen LogP contribution in [0.15, 0.2) is 0 Å². The zero-order chi connectivity index (χ0) is 11.4. The van der Waals surface area contributed by atoms with Gasteiger partial charge in [0.1, 0.15) is 0 Å². The van der Waals surface area contributed by atoms with Gasteiger partial charge in [0.05, 0.1) is 0 Å². The van der Waals surface area contributed by atoms with Gasteiger partial charge >= 0.3 is 0 Å². The Kier molecular flexibility index (Phi) is 5.11. The highest BCUT2D eigenvalue weighted by molar-refractivity contribution is 9.09. The number of fused-ring (bicyclic) bond motifs is 1. The molecule has 16 heavy (non-hydrogen) atoms. The molecule has 0 aliphatic carbocycles. The van der Waals surface area contributed by atoms with Crippen molar-refractivity contribution in [1.29, 1.82) is 0 Å². The van der Waals surface area contributed by atoms with Gasteiger partial charge in [0, 0.05) is 24.5 Å². The molecule has 0 aromatic rings. The van der Waals surface area contributed by atoms with Gasteiger partial charge in [-0.05, 0) is 44.8 Å². The second-order valence-corrected chi connectivity index (χ2v) is 6.02. The Morgan fingerprint density at radius 3 is 2.81 bits per heavy atom. The quantitative estimate of drug-likeness (QED) is 0.734. The number of alkyl halides is 1. The molecule has 0 N–H and O–H groups in total. The minimum atomic E-state index is 0.841. The van der Waals surface area contributed by atoms with Crippen LogP contribution in [0.4, 0.5) is 0 Å². The van der Waals surface area contributed by atoms with E-state index in [2.05, 4.69) is 32.7 Å². The molecule has 0 aromatic carbocycles. The molecule has 94 valence electrons. The van der Waals surface area contributed by atoms with Crippen molar-refractivity contribution in [3.63, 3.8) is 0 Å². The van der Waals surface area contributed by atoms with Crippen molar-refractivity contribution >= 4 is 15.9 Å².